The Bertz CT molecular complexity index is 864. The maximum absolute atomic E-state index is 12.5. The zero-order valence-corrected chi connectivity index (χ0v) is 14.0. The lowest BCUT2D eigenvalue weighted by atomic mass is 10.3. The zero-order chi connectivity index (χ0) is 17.6. The molecule has 0 saturated heterocycles. The smallest absolute Gasteiger partial charge is 0.218 e. The molecule has 0 amide bonds. The minimum absolute atomic E-state index is 0.0210. The summed E-state index contributed by atoms with van der Waals surface area (Å²) in [6.45, 7) is 0. The van der Waals surface area contributed by atoms with E-state index in [4.69, 9.17) is 9.47 Å². The number of ether oxygens (including phenoxy) is 2. The van der Waals surface area contributed by atoms with Gasteiger partial charge in [0.1, 0.15) is 17.6 Å². The van der Waals surface area contributed by atoms with E-state index in [1.165, 1.54) is 37.6 Å². The molecule has 124 valence electrons. The van der Waals surface area contributed by atoms with Gasteiger partial charge in [0.05, 0.1) is 19.1 Å². The summed E-state index contributed by atoms with van der Waals surface area (Å²) in [5.41, 5.74) is 0.633. The van der Waals surface area contributed by atoms with Gasteiger partial charge in [-0.3, -0.25) is 0 Å². The van der Waals surface area contributed by atoms with Crippen LogP contribution in [0.25, 0.3) is 0 Å². The second-order valence-electron chi connectivity index (χ2n) is 4.67. The van der Waals surface area contributed by atoms with E-state index in [0.717, 1.165) is 0 Å². The van der Waals surface area contributed by atoms with Gasteiger partial charge in [0.25, 0.3) is 0 Å². The second-order valence-corrected chi connectivity index (χ2v) is 6.59. The third kappa shape index (κ3) is 3.86. The topological polar surface area (TPSA) is 88.4 Å². The Morgan fingerprint density at radius 1 is 1.00 bits per heavy atom. The molecular weight excluding hydrogens is 328 g/mol. The van der Waals surface area contributed by atoms with Crippen molar-refractivity contribution in [2.75, 3.05) is 19.5 Å². The highest BCUT2D eigenvalue weighted by molar-refractivity contribution is 7.95. The molecule has 0 aliphatic heterocycles. The standard InChI is InChI=1S/C17H16N2O4S/c1-22-14-5-3-13(4-6-14)19-12-17(11-18)24(20,21)16-9-7-15(23-2)8-10-16/h3-10,12,19H,1-2H3/b17-12+. The van der Waals surface area contributed by atoms with Crippen LogP contribution in [-0.4, -0.2) is 22.6 Å². The van der Waals surface area contributed by atoms with Crippen molar-refractivity contribution in [3.8, 4) is 17.6 Å². The summed E-state index contributed by atoms with van der Waals surface area (Å²) >= 11 is 0. The summed E-state index contributed by atoms with van der Waals surface area (Å²) in [4.78, 5) is -0.365. The minimum Gasteiger partial charge on any atom is -0.497 e. The van der Waals surface area contributed by atoms with Gasteiger partial charge in [0.2, 0.25) is 9.84 Å². The van der Waals surface area contributed by atoms with Crippen molar-refractivity contribution in [2.24, 2.45) is 0 Å². The first kappa shape index (κ1) is 17.4. The third-order valence-corrected chi connectivity index (χ3v) is 4.91. The molecule has 0 unspecified atom stereocenters. The van der Waals surface area contributed by atoms with Crippen LogP contribution in [0.3, 0.4) is 0 Å². The first-order chi connectivity index (χ1) is 11.5. The van der Waals surface area contributed by atoms with Crippen LogP contribution in [0.5, 0.6) is 11.5 Å². The lowest BCUT2D eigenvalue weighted by Crippen LogP contribution is -2.05. The van der Waals surface area contributed by atoms with Crippen molar-refractivity contribution >= 4 is 15.5 Å². The zero-order valence-electron chi connectivity index (χ0n) is 13.2. The third-order valence-electron chi connectivity index (χ3n) is 3.23. The molecule has 24 heavy (non-hydrogen) atoms. The maximum atomic E-state index is 12.5. The van der Waals surface area contributed by atoms with Crippen LogP contribution >= 0.6 is 0 Å². The fourth-order valence-corrected chi connectivity index (χ4v) is 2.97. The Balaban J connectivity index is 2.25. The van der Waals surface area contributed by atoms with Crippen molar-refractivity contribution in [2.45, 2.75) is 4.90 Å². The molecule has 0 spiro atoms. The van der Waals surface area contributed by atoms with Crippen LogP contribution in [0.1, 0.15) is 0 Å². The Labute approximate surface area is 140 Å². The number of allylic oxidation sites excluding steroid dienone is 1. The molecule has 6 nitrogen and oxygen atoms in total. The molecule has 0 bridgehead atoms. The van der Waals surface area contributed by atoms with E-state index in [2.05, 4.69) is 5.32 Å². The summed E-state index contributed by atoms with van der Waals surface area (Å²) in [5.74, 6) is 1.21. The SMILES string of the molecule is COc1ccc(N/C=C(\C#N)S(=O)(=O)c2ccc(OC)cc2)cc1. The molecule has 0 heterocycles. The quantitative estimate of drug-likeness (QED) is 0.811. The highest BCUT2D eigenvalue weighted by Gasteiger charge is 2.20. The molecule has 0 aliphatic carbocycles. The van der Waals surface area contributed by atoms with Gasteiger partial charge in [-0.25, -0.2) is 8.42 Å². The van der Waals surface area contributed by atoms with E-state index >= 15 is 0 Å². The largest absolute Gasteiger partial charge is 0.497 e. The molecule has 0 aromatic heterocycles. The average Bonchev–Trinajstić information content (AvgIpc) is 2.62. The molecule has 2 aromatic carbocycles. The van der Waals surface area contributed by atoms with Gasteiger partial charge in [0, 0.05) is 11.9 Å². The molecule has 0 saturated carbocycles. The summed E-state index contributed by atoms with van der Waals surface area (Å²) in [7, 11) is -0.860. The summed E-state index contributed by atoms with van der Waals surface area (Å²) in [5, 5.41) is 12.0. The predicted molar refractivity (Wildman–Crippen MR) is 90.5 cm³/mol. The fraction of sp³-hybridized carbons (Fsp3) is 0.118. The van der Waals surface area contributed by atoms with E-state index in [1.807, 2.05) is 0 Å². The van der Waals surface area contributed by atoms with Crippen molar-refractivity contribution in [3.05, 3.63) is 59.6 Å². The van der Waals surface area contributed by atoms with Crippen LogP contribution in [0.4, 0.5) is 5.69 Å². The number of nitriles is 1. The second kappa shape index (κ2) is 7.53. The molecule has 0 fully saturated rings. The molecule has 0 radical (unpaired) electrons. The lowest BCUT2D eigenvalue weighted by molar-refractivity contribution is 0.414. The normalized spacial score (nSPS) is 11.5. The van der Waals surface area contributed by atoms with Crippen molar-refractivity contribution in [1.82, 2.24) is 0 Å². The van der Waals surface area contributed by atoms with Crippen LogP contribution in [-0.2, 0) is 9.84 Å². The van der Waals surface area contributed by atoms with Gasteiger partial charge < -0.3 is 14.8 Å². The molecule has 0 atom stereocenters. The number of methoxy groups -OCH3 is 2. The van der Waals surface area contributed by atoms with Crippen molar-refractivity contribution < 1.29 is 17.9 Å². The predicted octanol–water partition coefficient (Wildman–Crippen LogP) is 2.95. The Hall–Kier alpha value is -2.98. The number of hydrogen-bond donors (Lipinski definition) is 1. The van der Waals surface area contributed by atoms with Gasteiger partial charge >= 0.3 is 0 Å². The first-order valence-electron chi connectivity index (χ1n) is 6.91. The van der Waals surface area contributed by atoms with Gasteiger partial charge in [-0.05, 0) is 48.5 Å². The number of sulfone groups is 1. The Kier molecular flexibility index (Phi) is 5.45. The van der Waals surface area contributed by atoms with Crippen LogP contribution in [0.2, 0.25) is 0 Å². The van der Waals surface area contributed by atoms with Gasteiger partial charge in [-0.1, -0.05) is 0 Å². The summed E-state index contributed by atoms with van der Waals surface area (Å²) < 4.78 is 35.0. The Morgan fingerprint density at radius 2 is 1.50 bits per heavy atom. The highest BCUT2D eigenvalue weighted by atomic mass is 32.2. The molecule has 0 aliphatic rings. The van der Waals surface area contributed by atoms with E-state index in [1.54, 1.807) is 37.4 Å². The van der Waals surface area contributed by atoms with E-state index in [-0.39, 0.29) is 9.80 Å². The van der Waals surface area contributed by atoms with Crippen LogP contribution < -0.4 is 14.8 Å². The van der Waals surface area contributed by atoms with E-state index in [0.29, 0.717) is 17.2 Å². The van der Waals surface area contributed by atoms with Gasteiger partial charge in [0.15, 0.2) is 4.91 Å². The summed E-state index contributed by atoms with van der Waals surface area (Å²) in [6.07, 6.45) is 1.17. The number of anilines is 1. The average molecular weight is 344 g/mol. The number of hydrogen-bond acceptors (Lipinski definition) is 6. The van der Waals surface area contributed by atoms with E-state index in [9.17, 15) is 13.7 Å². The summed E-state index contributed by atoms with van der Waals surface area (Å²) in [6, 6.07) is 14.4. The number of nitrogens with zero attached hydrogens (tertiary/aromatic N) is 1. The molecular formula is C17H16N2O4S. The molecule has 1 N–H and O–H groups in total. The molecule has 2 rings (SSSR count). The Morgan fingerprint density at radius 3 is 1.96 bits per heavy atom. The molecule has 7 heteroatoms. The maximum Gasteiger partial charge on any atom is 0.218 e. The van der Waals surface area contributed by atoms with E-state index < -0.39 is 9.84 Å². The first-order valence-corrected chi connectivity index (χ1v) is 8.39. The minimum atomic E-state index is -3.90. The monoisotopic (exact) mass is 344 g/mol. The highest BCUT2D eigenvalue weighted by Crippen LogP contribution is 2.22. The lowest BCUT2D eigenvalue weighted by Gasteiger charge is -2.06. The van der Waals surface area contributed by atoms with Crippen molar-refractivity contribution in [1.29, 1.82) is 5.26 Å². The van der Waals surface area contributed by atoms with Gasteiger partial charge in [-0.2, -0.15) is 5.26 Å². The van der Waals surface area contributed by atoms with Crippen LogP contribution in [0, 0.1) is 11.3 Å². The number of benzene rings is 2. The number of rotatable bonds is 6. The molecule has 2 aromatic rings. The fourth-order valence-electron chi connectivity index (χ4n) is 1.89. The number of nitrogens with one attached hydrogen (secondary N) is 1. The van der Waals surface area contributed by atoms with Gasteiger partial charge in [-0.15, -0.1) is 0 Å². The van der Waals surface area contributed by atoms with Crippen molar-refractivity contribution in [3.63, 3.8) is 0 Å². The van der Waals surface area contributed by atoms with Crippen LogP contribution in [0.15, 0.2) is 64.5 Å².